The molecule has 0 unspecified atom stereocenters. The third kappa shape index (κ3) is 2.48. The van der Waals surface area contributed by atoms with Crippen LogP contribution in [0.3, 0.4) is 0 Å². The monoisotopic (exact) mass is 330 g/mol. The molecule has 0 aromatic heterocycles. The van der Waals surface area contributed by atoms with Crippen LogP contribution in [0.4, 0.5) is 4.39 Å². The molecule has 0 heterocycles. The van der Waals surface area contributed by atoms with Gasteiger partial charge in [-0.15, -0.1) is 0 Å². The number of carboxylic acids is 1. The van der Waals surface area contributed by atoms with E-state index in [2.05, 4.69) is 15.9 Å². The van der Waals surface area contributed by atoms with Crippen molar-refractivity contribution in [3.8, 4) is 5.75 Å². The maximum Gasteiger partial charge on any atom is 0.314 e. The number of halogens is 2. The van der Waals surface area contributed by atoms with Gasteiger partial charge in [0.25, 0.3) is 0 Å². The van der Waals surface area contributed by atoms with Gasteiger partial charge in [-0.2, -0.15) is 0 Å². The van der Waals surface area contributed by atoms with E-state index in [0.717, 1.165) is 19.3 Å². The summed E-state index contributed by atoms with van der Waals surface area (Å²) in [6.07, 6.45) is 3.61. The van der Waals surface area contributed by atoms with E-state index in [1.165, 1.54) is 13.2 Å². The molecular weight excluding hydrogens is 315 g/mol. The quantitative estimate of drug-likeness (QED) is 0.914. The second-order valence-electron chi connectivity index (χ2n) is 4.91. The number of carboxylic acid groups (broad SMARTS) is 1. The highest BCUT2D eigenvalue weighted by atomic mass is 79.9. The molecule has 0 bridgehead atoms. The molecule has 1 saturated carbocycles. The Morgan fingerprint density at radius 1 is 1.37 bits per heavy atom. The van der Waals surface area contributed by atoms with E-state index in [1.54, 1.807) is 6.07 Å². The smallest absolute Gasteiger partial charge is 0.314 e. The minimum atomic E-state index is -1.10. The van der Waals surface area contributed by atoms with E-state index in [1.807, 2.05) is 0 Å². The zero-order valence-corrected chi connectivity index (χ0v) is 12.3. The van der Waals surface area contributed by atoms with Crippen LogP contribution in [0.15, 0.2) is 16.6 Å². The molecule has 0 atom stereocenters. The lowest BCUT2D eigenvalue weighted by Crippen LogP contribution is -2.38. The van der Waals surface area contributed by atoms with Gasteiger partial charge in [-0.1, -0.05) is 19.3 Å². The van der Waals surface area contributed by atoms with Crippen molar-refractivity contribution in [1.82, 2.24) is 0 Å². The fourth-order valence-electron chi connectivity index (χ4n) is 2.81. The second-order valence-corrected chi connectivity index (χ2v) is 5.77. The summed E-state index contributed by atoms with van der Waals surface area (Å²) in [5.41, 5.74) is -0.843. The molecule has 3 nitrogen and oxygen atoms in total. The summed E-state index contributed by atoms with van der Waals surface area (Å²) in [4.78, 5) is 11.7. The molecule has 0 aliphatic heterocycles. The first kappa shape index (κ1) is 14.3. The lowest BCUT2D eigenvalue weighted by Gasteiger charge is -2.34. The van der Waals surface area contributed by atoms with Crippen molar-refractivity contribution >= 4 is 21.9 Å². The standard InChI is InChI=1S/C14H16BrFO3/c1-19-12-8-11(16)9(7-10(12)15)14(13(17)18)5-3-2-4-6-14/h7-8H,2-6H2,1H3,(H,17,18). The molecule has 104 valence electrons. The summed E-state index contributed by atoms with van der Waals surface area (Å²) < 4.78 is 19.9. The van der Waals surface area contributed by atoms with Crippen LogP contribution in [0.2, 0.25) is 0 Å². The number of carbonyl (C=O) groups is 1. The van der Waals surface area contributed by atoms with Crippen LogP contribution in [0.5, 0.6) is 5.75 Å². The summed E-state index contributed by atoms with van der Waals surface area (Å²) in [5.74, 6) is -1.08. The summed E-state index contributed by atoms with van der Waals surface area (Å²) in [6, 6.07) is 2.80. The van der Waals surface area contributed by atoms with E-state index in [-0.39, 0.29) is 5.56 Å². The van der Waals surface area contributed by atoms with Crippen LogP contribution in [-0.2, 0) is 10.2 Å². The Morgan fingerprint density at radius 3 is 2.53 bits per heavy atom. The van der Waals surface area contributed by atoms with Crippen LogP contribution >= 0.6 is 15.9 Å². The molecule has 0 spiro atoms. The normalized spacial score (nSPS) is 18.1. The molecule has 1 aliphatic rings. The largest absolute Gasteiger partial charge is 0.495 e. The van der Waals surface area contributed by atoms with E-state index >= 15 is 0 Å². The zero-order valence-electron chi connectivity index (χ0n) is 10.7. The number of rotatable bonds is 3. The Bertz CT molecular complexity index is 496. The number of ether oxygens (including phenoxy) is 1. The van der Waals surface area contributed by atoms with Crippen molar-refractivity contribution in [3.05, 3.63) is 28.0 Å². The molecule has 19 heavy (non-hydrogen) atoms. The van der Waals surface area contributed by atoms with Gasteiger partial charge in [-0.05, 0) is 34.8 Å². The fraction of sp³-hybridized carbons (Fsp3) is 0.500. The molecule has 1 aliphatic carbocycles. The van der Waals surface area contributed by atoms with Crippen LogP contribution in [0.1, 0.15) is 37.7 Å². The number of benzene rings is 1. The van der Waals surface area contributed by atoms with E-state index < -0.39 is 17.2 Å². The highest BCUT2D eigenvalue weighted by molar-refractivity contribution is 9.10. The van der Waals surface area contributed by atoms with Crippen LogP contribution in [-0.4, -0.2) is 18.2 Å². The van der Waals surface area contributed by atoms with Gasteiger partial charge in [0.2, 0.25) is 0 Å². The highest BCUT2D eigenvalue weighted by Gasteiger charge is 2.43. The average Bonchev–Trinajstić information content (AvgIpc) is 2.41. The number of aliphatic carboxylic acids is 1. The summed E-state index contributed by atoms with van der Waals surface area (Å²) in [6.45, 7) is 0. The maximum absolute atomic E-state index is 14.2. The van der Waals surface area contributed by atoms with Gasteiger partial charge in [-0.25, -0.2) is 4.39 Å². The third-order valence-electron chi connectivity index (χ3n) is 3.87. The highest BCUT2D eigenvalue weighted by Crippen LogP contribution is 2.43. The van der Waals surface area contributed by atoms with Crippen LogP contribution < -0.4 is 4.74 Å². The van der Waals surface area contributed by atoms with Crippen molar-refractivity contribution in [1.29, 1.82) is 0 Å². The van der Waals surface area contributed by atoms with Crippen molar-refractivity contribution in [2.75, 3.05) is 7.11 Å². The predicted octanol–water partition coefficient (Wildman–Crippen LogP) is 3.88. The molecule has 1 aromatic carbocycles. The van der Waals surface area contributed by atoms with E-state index in [4.69, 9.17) is 4.74 Å². The van der Waals surface area contributed by atoms with Gasteiger partial charge in [0.15, 0.2) is 0 Å². The molecule has 1 aromatic rings. The van der Waals surface area contributed by atoms with Gasteiger partial charge in [0, 0.05) is 11.6 Å². The summed E-state index contributed by atoms with van der Waals surface area (Å²) >= 11 is 3.30. The topological polar surface area (TPSA) is 46.5 Å². The maximum atomic E-state index is 14.2. The van der Waals surface area contributed by atoms with Gasteiger partial charge < -0.3 is 9.84 Å². The Hall–Kier alpha value is -1.10. The molecule has 0 amide bonds. The number of hydrogen-bond donors (Lipinski definition) is 1. The van der Waals surface area contributed by atoms with Crippen LogP contribution in [0, 0.1) is 5.82 Å². The molecule has 1 N–H and O–H groups in total. The van der Waals surface area contributed by atoms with Gasteiger partial charge >= 0.3 is 5.97 Å². The van der Waals surface area contributed by atoms with Gasteiger partial charge in [0.05, 0.1) is 17.0 Å². The molecule has 5 heteroatoms. The fourth-order valence-corrected chi connectivity index (χ4v) is 3.31. The SMILES string of the molecule is COc1cc(F)c(C2(C(=O)O)CCCCC2)cc1Br. The van der Waals surface area contributed by atoms with Crippen molar-refractivity contribution in [2.45, 2.75) is 37.5 Å². The van der Waals surface area contributed by atoms with Crippen LogP contribution in [0.25, 0.3) is 0 Å². The first-order valence-corrected chi connectivity index (χ1v) is 7.07. The van der Waals surface area contributed by atoms with E-state index in [9.17, 15) is 14.3 Å². The molecule has 2 rings (SSSR count). The molecular formula is C14H16BrFO3. The molecule has 0 radical (unpaired) electrons. The third-order valence-corrected chi connectivity index (χ3v) is 4.49. The predicted molar refractivity (Wildman–Crippen MR) is 73.1 cm³/mol. The minimum absolute atomic E-state index is 0.257. The van der Waals surface area contributed by atoms with Gasteiger partial charge in [-0.3, -0.25) is 4.79 Å². The van der Waals surface area contributed by atoms with Gasteiger partial charge in [0.1, 0.15) is 11.6 Å². The first-order valence-electron chi connectivity index (χ1n) is 6.28. The Morgan fingerprint density at radius 2 is 2.00 bits per heavy atom. The summed E-state index contributed by atoms with van der Waals surface area (Å²) in [7, 11) is 1.45. The molecule has 0 saturated heterocycles. The Balaban J connectivity index is 2.54. The minimum Gasteiger partial charge on any atom is -0.495 e. The first-order chi connectivity index (χ1) is 9.01. The number of hydrogen-bond acceptors (Lipinski definition) is 2. The summed E-state index contributed by atoms with van der Waals surface area (Å²) in [5, 5.41) is 9.57. The lowest BCUT2D eigenvalue weighted by molar-refractivity contribution is -0.145. The average molecular weight is 331 g/mol. The Labute approximate surface area is 119 Å². The van der Waals surface area contributed by atoms with E-state index in [0.29, 0.717) is 23.1 Å². The molecule has 1 fully saturated rings. The Kier molecular flexibility index (Phi) is 4.13. The zero-order chi connectivity index (χ0) is 14.0. The number of methoxy groups -OCH3 is 1. The lowest BCUT2D eigenvalue weighted by atomic mass is 9.69. The van der Waals surface area contributed by atoms with Crippen molar-refractivity contribution < 1.29 is 19.0 Å². The second kappa shape index (κ2) is 5.49. The van der Waals surface area contributed by atoms with Crippen molar-refractivity contribution in [2.24, 2.45) is 0 Å². The van der Waals surface area contributed by atoms with Crippen molar-refractivity contribution in [3.63, 3.8) is 0 Å².